The summed E-state index contributed by atoms with van der Waals surface area (Å²) in [7, 11) is -3.67. The van der Waals surface area contributed by atoms with E-state index in [0.29, 0.717) is 46.7 Å². The Kier molecular flexibility index (Phi) is 8.41. The Morgan fingerprint density at radius 2 is 1.89 bits per heavy atom. The average molecular weight is 506 g/mol. The van der Waals surface area contributed by atoms with Gasteiger partial charge in [0.15, 0.2) is 11.5 Å². The van der Waals surface area contributed by atoms with Gasteiger partial charge in [0.05, 0.1) is 23.5 Å². The third kappa shape index (κ3) is 6.99. The quantitative estimate of drug-likeness (QED) is 0.211. The third-order valence-electron chi connectivity index (χ3n) is 5.26. The first-order valence-electron chi connectivity index (χ1n) is 11.0. The van der Waals surface area contributed by atoms with Crippen molar-refractivity contribution in [2.75, 3.05) is 19.7 Å². The van der Waals surface area contributed by atoms with E-state index in [-0.39, 0.29) is 25.0 Å². The number of hydrogen-bond donors (Lipinski definition) is 1. The fraction of sp³-hybridized carbons (Fsp3) is 0.391. The number of carbonyl (C=O) groups excluding carboxylic acids is 1. The molecule has 0 fully saturated rings. The fourth-order valence-corrected chi connectivity index (χ4v) is 3.87. The van der Waals surface area contributed by atoms with Crippen LogP contribution in [-0.4, -0.2) is 44.6 Å². The van der Waals surface area contributed by atoms with Gasteiger partial charge >= 0.3 is 0 Å². The monoisotopic (exact) mass is 505 g/mol. The first-order chi connectivity index (χ1) is 16.6. The number of fused-ring (bicyclic) bond motifs is 1. The Morgan fingerprint density at radius 1 is 1.23 bits per heavy atom. The van der Waals surface area contributed by atoms with Gasteiger partial charge in [0.1, 0.15) is 0 Å². The second-order valence-electron chi connectivity index (χ2n) is 8.09. The zero-order valence-corrected chi connectivity index (χ0v) is 20.5. The lowest BCUT2D eigenvalue weighted by Crippen LogP contribution is -2.21. The van der Waals surface area contributed by atoms with Gasteiger partial charge in [0.2, 0.25) is 12.7 Å². The van der Waals surface area contributed by atoms with Gasteiger partial charge in [-0.2, -0.15) is 13.5 Å². The highest BCUT2D eigenvalue weighted by Crippen LogP contribution is 2.38. The summed E-state index contributed by atoms with van der Waals surface area (Å²) >= 11 is 0. The topological polar surface area (TPSA) is 146 Å². The zero-order chi connectivity index (χ0) is 25.6. The van der Waals surface area contributed by atoms with Crippen molar-refractivity contribution in [2.45, 2.75) is 39.0 Å². The lowest BCUT2D eigenvalue weighted by molar-refractivity contribution is -0.384. The van der Waals surface area contributed by atoms with Gasteiger partial charge < -0.3 is 9.47 Å². The van der Waals surface area contributed by atoms with Gasteiger partial charge in [-0.25, -0.2) is 5.43 Å². The molecular weight excluding hydrogens is 478 g/mol. The number of rotatable bonds is 11. The number of amides is 1. The van der Waals surface area contributed by atoms with Crippen LogP contribution in [0.15, 0.2) is 41.5 Å². The van der Waals surface area contributed by atoms with Crippen LogP contribution in [0.5, 0.6) is 11.5 Å². The molecule has 0 aromatic heterocycles. The molecule has 1 atom stereocenters. The second kappa shape index (κ2) is 11.3. The summed E-state index contributed by atoms with van der Waals surface area (Å²) in [5, 5.41) is 15.5. The van der Waals surface area contributed by atoms with Crippen LogP contribution in [0, 0.1) is 10.1 Å². The maximum absolute atomic E-state index is 12.3. The SMILES string of the molecule is CCCCC(=O)N/N=C(\c1ccc([N+](=O)[O-])cc1)c1cc2c(cc1C(C)COS(C)(=O)=O)OCO2. The molecule has 0 saturated heterocycles. The lowest BCUT2D eigenvalue weighted by atomic mass is 9.90. The second-order valence-corrected chi connectivity index (χ2v) is 9.73. The number of nitrogens with one attached hydrogen (secondary N) is 1. The maximum atomic E-state index is 12.3. The number of hydrazone groups is 1. The van der Waals surface area contributed by atoms with E-state index < -0.39 is 21.0 Å². The predicted molar refractivity (Wildman–Crippen MR) is 128 cm³/mol. The Bertz CT molecular complexity index is 1230. The molecule has 0 radical (unpaired) electrons. The molecule has 1 aliphatic heterocycles. The van der Waals surface area contributed by atoms with Crippen molar-refractivity contribution in [3.63, 3.8) is 0 Å². The van der Waals surface area contributed by atoms with E-state index in [2.05, 4.69) is 10.5 Å². The van der Waals surface area contributed by atoms with Crippen LogP contribution < -0.4 is 14.9 Å². The van der Waals surface area contributed by atoms with Crippen molar-refractivity contribution in [3.8, 4) is 11.5 Å². The normalized spacial score (nSPS) is 14.0. The minimum atomic E-state index is -3.67. The molecule has 1 unspecified atom stereocenters. The van der Waals surface area contributed by atoms with Crippen LogP contribution in [0.4, 0.5) is 5.69 Å². The first kappa shape index (κ1) is 26.1. The zero-order valence-electron chi connectivity index (χ0n) is 19.6. The molecule has 1 aliphatic rings. The Hall–Kier alpha value is -3.51. The van der Waals surface area contributed by atoms with Crippen molar-refractivity contribution in [2.24, 2.45) is 5.10 Å². The molecule has 0 spiro atoms. The van der Waals surface area contributed by atoms with Crippen molar-refractivity contribution in [1.82, 2.24) is 5.43 Å². The summed E-state index contributed by atoms with van der Waals surface area (Å²) in [6.07, 6.45) is 2.80. The van der Waals surface area contributed by atoms with E-state index in [4.69, 9.17) is 13.7 Å². The predicted octanol–water partition coefficient (Wildman–Crippen LogP) is 3.46. The molecule has 3 rings (SSSR count). The molecule has 1 heterocycles. The number of unbranched alkanes of at least 4 members (excludes halogenated alkanes) is 1. The first-order valence-corrected chi connectivity index (χ1v) is 12.8. The highest BCUT2D eigenvalue weighted by molar-refractivity contribution is 7.85. The maximum Gasteiger partial charge on any atom is 0.269 e. The molecule has 2 aromatic carbocycles. The van der Waals surface area contributed by atoms with Crippen molar-refractivity contribution in [1.29, 1.82) is 0 Å². The number of carbonyl (C=O) groups is 1. The number of non-ortho nitro benzene ring substituents is 1. The number of benzene rings is 2. The Morgan fingerprint density at radius 3 is 2.49 bits per heavy atom. The molecule has 12 heteroatoms. The molecule has 0 saturated carbocycles. The highest BCUT2D eigenvalue weighted by Gasteiger charge is 2.25. The van der Waals surface area contributed by atoms with E-state index in [0.717, 1.165) is 12.7 Å². The molecule has 1 amide bonds. The number of nitro benzene ring substituents is 1. The van der Waals surface area contributed by atoms with E-state index in [1.54, 1.807) is 19.1 Å². The van der Waals surface area contributed by atoms with E-state index in [1.165, 1.54) is 24.3 Å². The van der Waals surface area contributed by atoms with Gasteiger partial charge in [0.25, 0.3) is 15.8 Å². The summed E-state index contributed by atoms with van der Waals surface area (Å²) in [6.45, 7) is 3.63. The molecule has 2 aromatic rings. The minimum absolute atomic E-state index is 0.0181. The Balaban J connectivity index is 2.10. The number of nitrogens with zero attached hydrogens (tertiary/aromatic N) is 2. The lowest BCUT2D eigenvalue weighted by Gasteiger charge is -2.19. The Labute approximate surface area is 203 Å². The van der Waals surface area contributed by atoms with E-state index in [9.17, 15) is 23.3 Å². The largest absolute Gasteiger partial charge is 0.454 e. The molecule has 0 aliphatic carbocycles. The van der Waals surface area contributed by atoms with Crippen molar-refractivity contribution in [3.05, 3.63) is 63.2 Å². The van der Waals surface area contributed by atoms with Gasteiger partial charge in [-0.1, -0.05) is 20.3 Å². The minimum Gasteiger partial charge on any atom is -0.454 e. The van der Waals surface area contributed by atoms with Crippen LogP contribution in [0.1, 0.15) is 55.7 Å². The van der Waals surface area contributed by atoms with Crippen LogP contribution >= 0.6 is 0 Å². The average Bonchev–Trinajstić information content (AvgIpc) is 3.28. The summed E-state index contributed by atoms with van der Waals surface area (Å²) in [4.78, 5) is 22.9. The molecular formula is C23H27N3O8S. The van der Waals surface area contributed by atoms with E-state index >= 15 is 0 Å². The molecule has 1 N–H and O–H groups in total. The van der Waals surface area contributed by atoms with Crippen LogP contribution in [0.3, 0.4) is 0 Å². The third-order valence-corrected chi connectivity index (χ3v) is 5.83. The standard InChI is InChI=1S/C23H27N3O8S/c1-4-5-6-22(27)24-25-23(16-7-9-17(10-8-16)26(28)29)19-12-21-20(32-14-33-21)11-18(19)15(2)13-34-35(3,30)31/h7-12,15H,4-6,13-14H2,1-3H3,(H,24,27)/b25-23+. The van der Waals surface area contributed by atoms with Crippen molar-refractivity contribution < 1.29 is 31.8 Å². The number of ether oxygens (including phenoxy) is 2. The van der Waals surface area contributed by atoms with Gasteiger partial charge in [0, 0.05) is 35.6 Å². The van der Waals surface area contributed by atoms with Crippen LogP contribution in [0.2, 0.25) is 0 Å². The van der Waals surface area contributed by atoms with Gasteiger partial charge in [-0.05, 0) is 36.2 Å². The van der Waals surface area contributed by atoms with Crippen LogP contribution in [0.25, 0.3) is 0 Å². The molecule has 35 heavy (non-hydrogen) atoms. The fourth-order valence-electron chi connectivity index (χ4n) is 3.42. The number of hydrogen-bond acceptors (Lipinski definition) is 9. The van der Waals surface area contributed by atoms with Crippen molar-refractivity contribution >= 4 is 27.4 Å². The van der Waals surface area contributed by atoms with Crippen LogP contribution in [-0.2, 0) is 19.1 Å². The number of nitro groups is 1. The summed E-state index contributed by atoms with van der Waals surface area (Å²) in [6, 6.07) is 9.14. The van der Waals surface area contributed by atoms with Gasteiger partial charge in [-0.3, -0.25) is 19.1 Å². The van der Waals surface area contributed by atoms with E-state index in [1.807, 2.05) is 6.92 Å². The summed E-state index contributed by atoms with van der Waals surface area (Å²) < 4.78 is 39.1. The highest BCUT2D eigenvalue weighted by atomic mass is 32.2. The summed E-state index contributed by atoms with van der Waals surface area (Å²) in [5.74, 6) is 0.229. The molecule has 11 nitrogen and oxygen atoms in total. The smallest absolute Gasteiger partial charge is 0.269 e. The molecule has 188 valence electrons. The van der Waals surface area contributed by atoms with Gasteiger partial charge in [-0.15, -0.1) is 0 Å². The summed E-state index contributed by atoms with van der Waals surface area (Å²) in [5.41, 5.74) is 4.46. The molecule has 0 bridgehead atoms.